The SMILES string of the molecule is C[C@]12CCC(=O)C=C1CC[C@H]1[C@@H]2[C@H](OC(=O)C(F)(F)F)C[C@@]2(C)[C@@H]1CC[C@@]21OCO[C@]12COCO2. The van der Waals surface area contributed by atoms with E-state index < -0.39 is 40.5 Å². The summed E-state index contributed by atoms with van der Waals surface area (Å²) in [6, 6.07) is 0. The fourth-order valence-electron chi connectivity index (χ4n) is 8.94. The molecule has 0 radical (unpaired) electrons. The van der Waals surface area contributed by atoms with Crippen LogP contribution in [0, 0.1) is 28.6 Å². The number of allylic oxidation sites excluding steroid dienone is 1. The third-order valence-corrected chi connectivity index (χ3v) is 10.4. The van der Waals surface area contributed by atoms with E-state index in [9.17, 15) is 22.8 Å². The van der Waals surface area contributed by atoms with Crippen molar-refractivity contribution in [3.05, 3.63) is 11.6 Å². The van der Waals surface area contributed by atoms with Crippen molar-refractivity contribution in [2.24, 2.45) is 28.6 Å². The Morgan fingerprint density at radius 3 is 2.57 bits per heavy atom. The van der Waals surface area contributed by atoms with E-state index in [0.717, 1.165) is 18.4 Å². The van der Waals surface area contributed by atoms with Crippen LogP contribution in [0.2, 0.25) is 0 Å². The van der Waals surface area contributed by atoms with Crippen LogP contribution in [0.15, 0.2) is 11.6 Å². The third kappa shape index (κ3) is 3.06. The number of carbonyl (C=O) groups is 2. The molecular formula is C25H31F3O7. The lowest BCUT2D eigenvalue weighted by Crippen LogP contribution is -2.66. The number of ketones is 1. The molecule has 2 spiro atoms. The summed E-state index contributed by atoms with van der Waals surface area (Å²) in [7, 11) is 0. The molecule has 8 atom stereocenters. The molecular weight excluding hydrogens is 469 g/mol. The monoisotopic (exact) mass is 500 g/mol. The summed E-state index contributed by atoms with van der Waals surface area (Å²) >= 11 is 0. The molecule has 7 nitrogen and oxygen atoms in total. The number of esters is 1. The maximum atomic E-state index is 13.4. The van der Waals surface area contributed by atoms with Gasteiger partial charge in [0, 0.05) is 17.8 Å². The Morgan fingerprint density at radius 1 is 1.09 bits per heavy atom. The molecule has 0 amide bonds. The van der Waals surface area contributed by atoms with Crippen molar-refractivity contribution in [2.45, 2.75) is 82.5 Å². The smallest absolute Gasteiger partial charge is 0.455 e. The normalized spacial score (nSPS) is 49.1. The molecule has 194 valence electrons. The fraction of sp³-hybridized carbons (Fsp3) is 0.840. The molecule has 6 rings (SSSR count). The van der Waals surface area contributed by atoms with Gasteiger partial charge in [-0.2, -0.15) is 13.2 Å². The van der Waals surface area contributed by atoms with Crippen LogP contribution in [0.5, 0.6) is 0 Å². The molecule has 5 fully saturated rings. The summed E-state index contributed by atoms with van der Waals surface area (Å²) < 4.78 is 69.3. The first kappa shape index (κ1) is 23.9. The quantitative estimate of drug-likeness (QED) is 0.503. The summed E-state index contributed by atoms with van der Waals surface area (Å²) in [5.41, 5.74) is -1.09. The maximum absolute atomic E-state index is 13.4. The van der Waals surface area contributed by atoms with Crippen LogP contribution in [0.3, 0.4) is 0 Å². The standard InChI is InChI=1S/C25H31F3O7/c1-21-7-5-15(29)9-14(21)3-4-16-17-6-8-23(24(34-13-32-23)11-31-12-33-24)22(17,2)10-18(19(16)21)35-20(30)25(26,27)28/h9,16-19H,3-8,10-13H2,1-2H3/t16-,17-,18-,19-,21+,22+,23-,24-/m1/s1. The highest BCUT2D eigenvalue weighted by atomic mass is 19.4. The fourth-order valence-corrected chi connectivity index (χ4v) is 8.94. The van der Waals surface area contributed by atoms with E-state index in [1.54, 1.807) is 6.08 Å². The Hall–Kier alpha value is -1.49. The average molecular weight is 501 g/mol. The highest BCUT2D eigenvalue weighted by Gasteiger charge is 2.77. The lowest BCUT2D eigenvalue weighted by molar-refractivity contribution is -0.263. The van der Waals surface area contributed by atoms with Gasteiger partial charge in [-0.15, -0.1) is 0 Å². The molecule has 0 unspecified atom stereocenters. The summed E-state index contributed by atoms with van der Waals surface area (Å²) in [6.45, 7) is 4.33. The molecule has 10 heteroatoms. The highest BCUT2D eigenvalue weighted by Crippen LogP contribution is 2.72. The minimum atomic E-state index is -5.09. The van der Waals surface area contributed by atoms with Gasteiger partial charge in [0.15, 0.2) is 19.4 Å². The number of hydrogen-bond donors (Lipinski definition) is 0. The van der Waals surface area contributed by atoms with E-state index in [1.165, 1.54) is 0 Å². The average Bonchev–Trinajstić information content (AvgIpc) is 3.48. The Bertz CT molecular complexity index is 967. The van der Waals surface area contributed by atoms with Crippen LogP contribution in [-0.2, 0) is 33.3 Å². The number of alkyl halides is 3. The predicted molar refractivity (Wildman–Crippen MR) is 112 cm³/mol. The summed E-state index contributed by atoms with van der Waals surface area (Å²) in [4.78, 5) is 24.4. The number of carbonyl (C=O) groups excluding carboxylic acids is 2. The zero-order valence-corrected chi connectivity index (χ0v) is 19.9. The minimum Gasteiger partial charge on any atom is -0.455 e. The third-order valence-electron chi connectivity index (χ3n) is 10.4. The first-order valence-corrected chi connectivity index (χ1v) is 12.5. The van der Waals surface area contributed by atoms with Crippen molar-refractivity contribution in [3.63, 3.8) is 0 Å². The largest absolute Gasteiger partial charge is 0.490 e. The van der Waals surface area contributed by atoms with Gasteiger partial charge in [0.25, 0.3) is 0 Å². The Labute approximate surface area is 201 Å². The number of fused-ring (bicyclic) bond motifs is 7. The first-order chi connectivity index (χ1) is 16.5. The summed E-state index contributed by atoms with van der Waals surface area (Å²) in [5, 5.41) is 0. The number of hydrogen-bond acceptors (Lipinski definition) is 7. The predicted octanol–water partition coefficient (Wildman–Crippen LogP) is 4.05. The first-order valence-electron chi connectivity index (χ1n) is 12.5. The van der Waals surface area contributed by atoms with E-state index >= 15 is 0 Å². The van der Waals surface area contributed by atoms with Gasteiger partial charge < -0.3 is 23.7 Å². The molecule has 2 aliphatic heterocycles. The Kier molecular flexibility index (Phi) is 5.13. The van der Waals surface area contributed by atoms with Gasteiger partial charge in [0.1, 0.15) is 18.3 Å². The molecule has 2 saturated heterocycles. The van der Waals surface area contributed by atoms with Gasteiger partial charge in [-0.1, -0.05) is 19.4 Å². The van der Waals surface area contributed by atoms with Crippen LogP contribution in [0.25, 0.3) is 0 Å². The van der Waals surface area contributed by atoms with Crippen molar-refractivity contribution in [1.82, 2.24) is 0 Å². The van der Waals surface area contributed by atoms with Crippen molar-refractivity contribution in [3.8, 4) is 0 Å². The number of rotatable bonds is 1. The second-order valence-electron chi connectivity index (χ2n) is 11.6. The molecule has 0 N–H and O–H groups in total. The number of halogens is 3. The molecule has 0 aromatic carbocycles. The van der Waals surface area contributed by atoms with Gasteiger partial charge in [-0.25, -0.2) is 4.79 Å². The van der Waals surface area contributed by atoms with Crippen LogP contribution in [-0.4, -0.2) is 55.6 Å². The molecule has 35 heavy (non-hydrogen) atoms. The Morgan fingerprint density at radius 2 is 1.86 bits per heavy atom. The highest BCUT2D eigenvalue weighted by molar-refractivity contribution is 5.91. The molecule has 4 aliphatic carbocycles. The van der Waals surface area contributed by atoms with Crippen LogP contribution in [0.1, 0.15) is 58.8 Å². The van der Waals surface area contributed by atoms with E-state index in [4.69, 9.17) is 23.7 Å². The van der Waals surface area contributed by atoms with Crippen LogP contribution >= 0.6 is 0 Å². The topological polar surface area (TPSA) is 80.3 Å². The van der Waals surface area contributed by atoms with Crippen molar-refractivity contribution < 1.29 is 46.4 Å². The molecule has 0 bridgehead atoms. The van der Waals surface area contributed by atoms with E-state index in [0.29, 0.717) is 25.7 Å². The van der Waals surface area contributed by atoms with Crippen LogP contribution < -0.4 is 0 Å². The van der Waals surface area contributed by atoms with E-state index in [2.05, 4.69) is 0 Å². The lowest BCUT2D eigenvalue weighted by atomic mass is 9.45. The van der Waals surface area contributed by atoms with Crippen molar-refractivity contribution >= 4 is 11.8 Å². The summed E-state index contributed by atoms with van der Waals surface area (Å²) in [5.74, 6) is -3.42. The van der Waals surface area contributed by atoms with Gasteiger partial charge in [-0.05, 0) is 61.9 Å². The molecule has 0 aromatic heterocycles. The molecule has 0 aromatic rings. The second kappa shape index (κ2) is 7.52. The lowest BCUT2D eigenvalue weighted by Gasteiger charge is -2.62. The van der Waals surface area contributed by atoms with Gasteiger partial charge >= 0.3 is 12.1 Å². The van der Waals surface area contributed by atoms with Crippen molar-refractivity contribution in [1.29, 1.82) is 0 Å². The van der Waals surface area contributed by atoms with Gasteiger partial charge in [-0.3, -0.25) is 4.79 Å². The van der Waals surface area contributed by atoms with Crippen LogP contribution in [0.4, 0.5) is 13.2 Å². The van der Waals surface area contributed by atoms with E-state index in [1.807, 2.05) is 13.8 Å². The molecule has 2 heterocycles. The van der Waals surface area contributed by atoms with Gasteiger partial charge in [0.05, 0.1) is 0 Å². The molecule has 3 saturated carbocycles. The zero-order valence-electron chi connectivity index (χ0n) is 19.9. The molecule has 6 aliphatic rings. The zero-order chi connectivity index (χ0) is 24.9. The minimum absolute atomic E-state index is 0.0121. The Balaban J connectivity index is 1.44. The van der Waals surface area contributed by atoms with Gasteiger partial charge in [0.2, 0.25) is 5.79 Å². The number of ether oxygens (including phenoxy) is 5. The summed E-state index contributed by atoms with van der Waals surface area (Å²) in [6.07, 6.45) is -0.423. The van der Waals surface area contributed by atoms with E-state index in [-0.39, 0.29) is 50.2 Å². The second-order valence-corrected chi connectivity index (χ2v) is 11.6. The maximum Gasteiger partial charge on any atom is 0.490 e. The van der Waals surface area contributed by atoms with Crippen molar-refractivity contribution in [2.75, 3.05) is 20.2 Å².